The number of rotatable bonds is 3. The first-order valence-electron chi connectivity index (χ1n) is 7.25. The normalized spacial score (nSPS) is 14.1. The Kier molecular flexibility index (Phi) is 3.09. The van der Waals surface area contributed by atoms with Crippen molar-refractivity contribution in [3.05, 3.63) is 59.9 Å². The first-order valence-corrected chi connectivity index (χ1v) is 7.25. The molecule has 4 rings (SSSR count). The van der Waals surface area contributed by atoms with Gasteiger partial charge in [0, 0.05) is 18.8 Å². The maximum absolute atomic E-state index is 5.46. The summed E-state index contributed by atoms with van der Waals surface area (Å²) in [5.41, 5.74) is 4.60. The van der Waals surface area contributed by atoms with Crippen molar-refractivity contribution in [2.75, 3.05) is 11.9 Å². The van der Waals surface area contributed by atoms with Crippen molar-refractivity contribution < 1.29 is 4.74 Å². The fourth-order valence-electron chi connectivity index (χ4n) is 2.77. The molecular weight excluding hydrogens is 262 g/mol. The first-order chi connectivity index (χ1) is 10.4. The van der Waals surface area contributed by atoms with Crippen molar-refractivity contribution in [2.24, 2.45) is 0 Å². The van der Waals surface area contributed by atoms with Crippen LogP contribution in [0.3, 0.4) is 0 Å². The van der Waals surface area contributed by atoms with Crippen LogP contribution < -0.4 is 5.32 Å². The molecule has 2 heterocycles. The van der Waals surface area contributed by atoms with E-state index in [9.17, 15) is 0 Å². The number of nitrogens with zero attached hydrogens (tertiary/aromatic N) is 2. The molecule has 0 spiro atoms. The summed E-state index contributed by atoms with van der Waals surface area (Å²) >= 11 is 0. The van der Waals surface area contributed by atoms with E-state index in [4.69, 9.17) is 4.74 Å². The maximum Gasteiger partial charge on any atom is 0.136 e. The molecule has 1 aromatic heterocycles. The summed E-state index contributed by atoms with van der Waals surface area (Å²) in [6.07, 6.45) is 0. The molecule has 0 saturated heterocycles. The van der Waals surface area contributed by atoms with E-state index in [1.807, 2.05) is 6.07 Å². The van der Waals surface area contributed by atoms with Crippen LogP contribution in [0.2, 0.25) is 0 Å². The summed E-state index contributed by atoms with van der Waals surface area (Å²) in [6, 6.07) is 16.8. The second-order valence-corrected chi connectivity index (χ2v) is 5.27. The number of fused-ring (bicyclic) bond motifs is 3. The van der Waals surface area contributed by atoms with Crippen molar-refractivity contribution in [3.8, 4) is 0 Å². The van der Waals surface area contributed by atoms with Crippen LogP contribution in [0.5, 0.6) is 0 Å². The molecule has 1 N–H and O–H groups in total. The summed E-state index contributed by atoms with van der Waals surface area (Å²) in [5, 5.41) is 3.45. The van der Waals surface area contributed by atoms with E-state index >= 15 is 0 Å². The van der Waals surface area contributed by atoms with Gasteiger partial charge in [-0.1, -0.05) is 30.3 Å². The largest absolute Gasteiger partial charge is 0.381 e. The highest BCUT2D eigenvalue weighted by Gasteiger charge is 2.14. The average molecular weight is 279 g/mol. The standard InChI is InChI=1S/C17H17N3O/c1-2-4-13(5-3-1)11-18-14-6-7-16-15(10-14)19-17-12-21-9-8-20(16)17/h1-7,10,18H,8-9,11-12H2. The topological polar surface area (TPSA) is 39.1 Å². The van der Waals surface area contributed by atoms with Gasteiger partial charge in [0.2, 0.25) is 0 Å². The van der Waals surface area contributed by atoms with Gasteiger partial charge in [0.1, 0.15) is 12.4 Å². The lowest BCUT2D eigenvalue weighted by atomic mass is 10.2. The van der Waals surface area contributed by atoms with Crippen molar-refractivity contribution in [1.82, 2.24) is 9.55 Å². The molecule has 106 valence electrons. The lowest BCUT2D eigenvalue weighted by Crippen LogP contribution is -2.16. The predicted octanol–water partition coefficient (Wildman–Crippen LogP) is 3.18. The van der Waals surface area contributed by atoms with E-state index in [-0.39, 0.29) is 0 Å². The number of aromatic nitrogens is 2. The Morgan fingerprint density at radius 2 is 2.05 bits per heavy atom. The molecule has 0 unspecified atom stereocenters. The maximum atomic E-state index is 5.46. The Bertz CT molecular complexity index is 764. The molecule has 4 nitrogen and oxygen atoms in total. The zero-order valence-corrected chi connectivity index (χ0v) is 11.7. The molecule has 1 aliphatic heterocycles. The Labute approximate surface area is 123 Å². The first kappa shape index (κ1) is 12.4. The van der Waals surface area contributed by atoms with Crippen LogP contribution >= 0.6 is 0 Å². The van der Waals surface area contributed by atoms with E-state index in [0.29, 0.717) is 6.61 Å². The van der Waals surface area contributed by atoms with Crippen LogP contribution in [-0.4, -0.2) is 16.2 Å². The lowest BCUT2D eigenvalue weighted by molar-refractivity contribution is 0.0830. The molecule has 0 amide bonds. The monoisotopic (exact) mass is 279 g/mol. The smallest absolute Gasteiger partial charge is 0.136 e. The van der Waals surface area contributed by atoms with Crippen LogP contribution in [0.15, 0.2) is 48.5 Å². The minimum Gasteiger partial charge on any atom is -0.381 e. The van der Waals surface area contributed by atoms with Gasteiger partial charge in [-0.2, -0.15) is 0 Å². The van der Waals surface area contributed by atoms with Gasteiger partial charge in [-0.3, -0.25) is 0 Å². The van der Waals surface area contributed by atoms with E-state index in [1.54, 1.807) is 0 Å². The van der Waals surface area contributed by atoms with Gasteiger partial charge < -0.3 is 14.6 Å². The van der Waals surface area contributed by atoms with E-state index < -0.39 is 0 Å². The number of anilines is 1. The fraction of sp³-hybridized carbons (Fsp3) is 0.235. The third kappa shape index (κ3) is 2.38. The summed E-state index contributed by atoms with van der Waals surface area (Å²) in [6.45, 7) is 3.10. The molecule has 21 heavy (non-hydrogen) atoms. The molecule has 2 aromatic carbocycles. The van der Waals surface area contributed by atoms with Crippen molar-refractivity contribution in [3.63, 3.8) is 0 Å². The zero-order valence-electron chi connectivity index (χ0n) is 11.7. The van der Waals surface area contributed by atoms with Gasteiger partial charge in [-0.15, -0.1) is 0 Å². The molecule has 0 atom stereocenters. The van der Waals surface area contributed by atoms with Gasteiger partial charge in [-0.05, 0) is 23.8 Å². The summed E-state index contributed by atoms with van der Waals surface area (Å²) in [5.74, 6) is 1.02. The number of hydrogen-bond donors (Lipinski definition) is 1. The van der Waals surface area contributed by atoms with Crippen LogP contribution in [0.1, 0.15) is 11.4 Å². The highest BCUT2D eigenvalue weighted by atomic mass is 16.5. The zero-order chi connectivity index (χ0) is 14.1. The van der Waals surface area contributed by atoms with Gasteiger partial charge >= 0.3 is 0 Å². The summed E-state index contributed by atoms with van der Waals surface area (Å²) < 4.78 is 7.71. The van der Waals surface area contributed by atoms with Crippen molar-refractivity contribution in [2.45, 2.75) is 19.7 Å². The highest BCUT2D eigenvalue weighted by molar-refractivity contribution is 5.80. The Morgan fingerprint density at radius 3 is 2.95 bits per heavy atom. The Morgan fingerprint density at radius 1 is 1.14 bits per heavy atom. The third-order valence-electron chi connectivity index (χ3n) is 3.86. The van der Waals surface area contributed by atoms with E-state index in [1.165, 1.54) is 11.1 Å². The second-order valence-electron chi connectivity index (χ2n) is 5.27. The summed E-state index contributed by atoms with van der Waals surface area (Å²) in [7, 11) is 0. The summed E-state index contributed by atoms with van der Waals surface area (Å²) in [4.78, 5) is 4.67. The van der Waals surface area contributed by atoms with Crippen LogP contribution in [0.25, 0.3) is 11.0 Å². The Hall–Kier alpha value is -2.33. The molecule has 0 aliphatic carbocycles. The van der Waals surface area contributed by atoms with Crippen molar-refractivity contribution in [1.29, 1.82) is 0 Å². The molecule has 0 fully saturated rings. The minimum atomic E-state index is 0.613. The molecule has 3 aromatic rings. The Balaban J connectivity index is 1.59. The molecule has 1 aliphatic rings. The number of benzene rings is 2. The van der Waals surface area contributed by atoms with Gasteiger partial charge in [0.15, 0.2) is 0 Å². The predicted molar refractivity (Wildman–Crippen MR) is 83.2 cm³/mol. The molecule has 0 saturated carbocycles. The van der Waals surface area contributed by atoms with Crippen LogP contribution in [0.4, 0.5) is 5.69 Å². The number of imidazole rings is 1. The molecule has 0 radical (unpaired) electrons. The second kappa shape index (κ2) is 5.22. The number of nitrogens with one attached hydrogen (secondary N) is 1. The molecule has 4 heteroatoms. The van der Waals surface area contributed by atoms with Gasteiger partial charge in [-0.25, -0.2) is 4.98 Å². The average Bonchev–Trinajstić information content (AvgIpc) is 2.91. The minimum absolute atomic E-state index is 0.613. The van der Waals surface area contributed by atoms with Crippen LogP contribution in [-0.2, 0) is 24.4 Å². The quantitative estimate of drug-likeness (QED) is 0.800. The van der Waals surface area contributed by atoms with Crippen LogP contribution in [0, 0.1) is 0 Å². The number of hydrogen-bond acceptors (Lipinski definition) is 3. The fourth-order valence-corrected chi connectivity index (χ4v) is 2.77. The van der Waals surface area contributed by atoms with E-state index in [2.05, 4.69) is 57.3 Å². The molecular formula is C17H17N3O. The third-order valence-corrected chi connectivity index (χ3v) is 3.86. The SMILES string of the molecule is c1ccc(CNc2ccc3c(c2)nc2n3CCOC2)cc1. The number of ether oxygens (including phenoxy) is 1. The van der Waals surface area contributed by atoms with E-state index in [0.717, 1.165) is 36.7 Å². The lowest BCUT2D eigenvalue weighted by Gasteiger charge is -2.14. The molecule has 0 bridgehead atoms. The van der Waals surface area contributed by atoms with Crippen molar-refractivity contribution >= 4 is 16.7 Å². The highest BCUT2D eigenvalue weighted by Crippen LogP contribution is 2.23. The van der Waals surface area contributed by atoms with Gasteiger partial charge in [0.05, 0.1) is 17.6 Å². The van der Waals surface area contributed by atoms with Gasteiger partial charge in [0.25, 0.3) is 0 Å².